The zero-order chi connectivity index (χ0) is 13.7. The number of aryl methyl sites for hydroxylation is 1. The Morgan fingerprint density at radius 1 is 1.37 bits per heavy atom. The van der Waals surface area contributed by atoms with E-state index >= 15 is 0 Å². The van der Waals surface area contributed by atoms with Crippen molar-refractivity contribution in [1.82, 2.24) is 15.2 Å². The summed E-state index contributed by atoms with van der Waals surface area (Å²) in [4.78, 5) is 7.39. The van der Waals surface area contributed by atoms with Crippen LogP contribution in [0.2, 0.25) is 0 Å². The van der Waals surface area contributed by atoms with Crippen molar-refractivity contribution < 1.29 is 0 Å². The third kappa shape index (κ3) is 3.56. The number of hydrogen-bond donors (Lipinski definition) is 1. The Morgan fingerprint density at radius 2 is 2.21 bits per heavy atom. The van der Waals surface area contributed by atoms with E-state index in [0.717, 1.165) is 12.2 Å². The minimum atomic E-state index is 0.121. The highest BCUT2D eigenvalue weighted by atomic mass is 32.1. The number of rotatable bonds is 5. The van der Waals surface area contributed by atoms with Crippen molar-refractivity contribution in [2.24, 2.45) is 0 Å². The van der Waals surface area contributed by atoms with Gasteiger partial charge in [0.2, 0.25) is 0 Å². The van der Waals surface area contributed by atoms with E-state index in [1.54, 1.807) is 0 Å². The topological polar surface area (TPSA) is 28.2 Å². The average Bonchev–Trinajstić information content (AvgIpc) is 2.72. The van der Waals surface area contributed by atoms with Crippen LogP contribution in [0, 0.1) is 6.92 Å². The van der Waals surface area contributed by atoms with E-state index in [0.29, 0.717) is 0 Å². The summed E-state index contributed by atoms with van der Waals surface area (Å²) in [6.07, 6.45) is 4.93. The molecule has 108 valence electrons. The lowest BCUT2D eigenvalue weighted by Crippen LogP contribution is -2.43. The first-order chi connectivity index (χ1) is 9.20. The van der Waals surface area contributed by atoms with Gasteiger partial charge in [0, 0.05) is 17.6 Å². The number of nitrogens with zero attached hydrogens (tertiary/aromatic N) is 2. The quantitative estimate of drug-likeness (QED) is 0.898. The molecule has 0 amide bonds. The summed E-state index contributed by atoms with van der Waals surface area (Å²) in [5, 5.41) is 7.23. The molecule has 0 aliphatic carbocycles. The number of nitrogens with one attached hydrogen (secondary N) is 1. The molecule has 0 spiro atoms. The molecule has 2 heterocycles. The van der Waals surface area contributed by atoms with Crippen molar-refractivity contribution in [3.8, 4) is 0 Å². The molecule has 4 heteroatoms. The smallest absolute Gasteiger partial charge is 0.113 e. The normalized spacial score (nSPS) is 25.4. The van der Waals surface area contributed by atoms with Crippen molar-refractivity contribution in [3.05, 3.63) is 16.1 Å². The fourth-order valence-electron chi connectivity index (χ4n) is 3.11. The number of thiazole rings is 1. The van der Waals surface area contributed by atoms with Gasteiger partial charge >= 0.3 is 0 Å². The van der Waals surface area contributed by atoms with Gasteiger partial charge in [-0.1, -0.05) is 13.8 Å². The second-order valence-electron chi connectivity index (χ2n) is 5.60. The molecule has 1 aliphatic heterocycles. The van der Waals surface area contributed by atoms with Gasteiger partial charge in [0.1, 0.15) is 5.01 Å². The molecular weight excluding hydrogens is 254 g/mol. The van der Waals surface area contributed by atoms with E-state index in [9.17, 15) is 0 Å². The van der Waals surface area contributed by atoms with E-state index in [1.165, 1.54) is 50.3 Å². The van der Waals surface area contributed by atoms with Crippen LogP contribution in [-0.4, -0.2) is 36.1 Å². The van der Waals surface area contributed by atoms with Crippen molar-refractivity contribution >= 4 is 11.3 Å². The summed E-state index contributed by atoms with van der Waals surface area (Å²) in [5.74, 6) is 0. The molecule has 3 nitrogen and oxygen atoms in total. The maximum absolute atomic E-state index is 4.78. The molecule has 1 aliphatic rings. The molecule has 1 aromatic rings. The van der Waals surface area contributed by atoms with Gasteiger partial charge in [0.05, 0.1) is 5.54 Å². The van der Waals surface area contributed by atoms with Gasteiger partial charge in [-0.2, -0.15) is 0 Å². The average molecular weight is 281 g/mol. The SMILES string of the molecule is CCCN1CCCC(NCC)(c2nc(C)cs2)CC1. The van der Waals surface area contributed by atoms with Crippen LogP contribution in [0.3, 0.4) is 0 Å². The molecule has 2 rings (SSSR count). The maximum Gasteiger partial charge on any atom is 0.113 e. The minimum absolute atomic E-state index is 0.121. The Labute approximate surface area is 121 Å². The largest absolute Gasteiger partial charge is 0.306 e. The lowest BCUT2D eigenvalue weighted by molar-refractivity contribution is 0.258. The summed E-state index contributed by atoms with van der Waals surface area (Å²) in [6.45, 7) is 11.3. The highest BCUT2D eigenvalue weighted by molar-refractivity contribution is 7.09. The van der Waals surface area contributed by atoms with Gasteiger partial charge in [-0.3, -0.25) is 0 Å². The molecule has 1 fully saturated rings. The van der Waals surface area contributed by atoms with Gasteiger partial charge in [-0.15, -0.1) is 11.3 Å². The molecule has 0 radical (unpaired) electrons. The predicted molar refractivity (Wildman–Crippen MR) is 82.8 cm³/mol. The Hall–Kier alpha value is -0.450. The van der Waals surface area contributed by atoms with E-state index in [1.807, 2.05) is 11.3 Å². The van der Waals surface area contributed by atoms with Crippen LogP contribution in [0.4, 0.5) is 0 Å². The van der Waals surface area contributed by atoms with Crippen LogP contribution in [0.1, 0.15) is 50.2 Å². The molecular formula is C15H27N3S. The van der Waals surface area contributed by atoms with Gasteiger partial charge in [0.15, 0.2) is 0 Å². The number of likely N-dealkylation sites (tertiary alicyclic amines) is 1. The van der Waals surface area contributed by atoms with Gasteiger partial charge in [-0.05, 0) is 52.2 Å². The van der Waals surface area contributed by atoms with Crippen LogP contribution in [0.5, 0.6) is 0 Å². The highest BCUT2D eigenvalue weighted by Crippen LogP contribution is 2.34. The second kappa shape index (κ2) is 6.82. The van der Waals surface area contributed by atoms with Crippen molar-refractivity contribution in [3.63, 3.8) is 0 Å². The third-order valence-corrected chi connectivity index (χ3v) is 5.18. The summed E-state index contributed by atoms with van der Waals surface area (Å²) < 4.78 is 0. The first-order valence-electron chi connectivity index (χ1n) is 7.60. The second-order valence-corrected chi connectivity index (χ2v) is 6.46. The first-order valence-corrected chi connectivity index (χ1v) is 8.48. The van der Waals surface area contributed by atoms with Crippen LogP contribution in [0.25, 0.3) is 0 Å². The zero-order valence-corrected chi connectivity index (χ0v) is 13.4. The molecule has 1 aromatic heterocycles. The van der Waals surface area contributed by atoms with Crippen molar-refractivity contribution in [1.29, 1.82) is 0 Å². The maximum atomic E-state index is 4.78. The molecule has 0 bridgehead atoms. The standard InChI is InChI=1S/C15H27N3S/c1-4-9-18-10-6-7-15(8-11-18,16-5-2)14-17-13(3)12-19-14/h12,16H,4-11H2,1-3H3. The third-order valence-electron chi connectivity index (χ3n) is 4.02. The van der Waals surface area contributed by atoms with Gasteiger partial charge in [-0.25, -0.2) is 4.98 Å². The fourth-order valence-corrected chi connectivity index (χ4v) is 4.14. The highest BCUT2D eigenvalue weighted by Gasteiger charge is 2.35. The van der Waals surface area contributed by atoms with Gasteiger partial charge < -0.3 is 10.2 Å². The van der Waals surface area contributed by atoms with E-state index in [2.05, 4.69) is 36.4 Å². The molecule has 1 saturated heterocycles. The molecule has 1 unspecified atom stereocenters. The van der Waals surface area contributed by atoms with Crippen LogP contribution in [0.15, 0.2) is 5.38 Å². The Bertz CT molecular complexity index is 390. The van der Waals surface area contributed by atoms with E-state index in [-0.39, 0.29) is 5.54 Å². The monoisotopic (exact) mass is 281 g/mol. The van der Waals surface area contributed by atoms with Crippen LogP contribution in [-0.2, 0) is 5.54 Å². The van der Waals surface area contributed by atoms with Crippen molar-refractivity contribution in [2.75, 3.05) is 26.2 Å². The summed E-state index contributed by atoms with van der Waals surface area (Å²) in [5.41, 5.74) is 1.28. The summed E-state index contributed by atoms with van der Waals surface area (Å²) in [6, 6.07) is 0. The van der Waals surface area contributed by atoms with Crippen LogP contribution < -0.4 is 5.32 Å². The molecule has 0 aromatic carbocycles. The summed E-state index contributed by atoms with van der Waals surface area (Å²) in [7, 11) is 0. The Morgan fingerprint density at radius 3 is 2.84 bits per heavy atom. The zero-order valence-electron chi connectivity index (χ0n) is 12.5. The Balaban J connectivity index is 2.15. The number of hydrogen-bond acceptors (Lipinski definition) is 4. The van der Waals surface area contributed by atoms with Crippen LogP contribution >= 0.6 is 11.3 Å². The molecule has 1 atom stereocenters. The molecule has 0 saturated carbocycles. The lowest BCUT2D eigenvalue weighted by Gasteiger charge is -2.32. The predicted octanol–water partition coefficient (Wildman–Crippen LogP) is 3.15. The molecule has 19 heavy (non-hydrogen) atoms. The van der Waals surface area contributed by atoms with E-state index < -0.39 is 0 Å². The lowest BCUT2D eigenvalue weighted by atomic mass is 9.91. The number of aromatic nitrogens is 1. The van der Waals surface area contributed by atoms with Gasteiger partial charge in [0.25, 0.3) is 0 Å². The summed E-state index contributed by atoms with van der Waals surface area (Å²) >= 11 is 1.83. The minimum Gasteiger partial charge on any atom is -0.306 e. The first kappa shape index (κ1) is 14.9. The fraction of sp³-hybridized carbons (Fsp3) is 0.800. The van der Waals surface area contributed by atoms with E-state index in [4.69, 9.17) is 4.98 Å². The Kier molecular flexibility index (Phi) is 5.37. The molecule has 1 N–H and O–H groups in total. The van der Waals surface area contributed by atoms with Crippen molar-refractivity contribution in [2.45, 2.75) is 52.0 Å².